The summed E-state index contributed by atoms with van der Waals surface area (Å²) in [7, 11) is 0. The van der Waals surface area contributed by atoms with Gasteiger partial charge in [-0.2, -0.15) is 0 Å². The van der Waals surface area contributed by atoms with E-state index in [1.54, 1.807) is 12.4 Å². The molecular weight excluding hydrogens is 224 g/mol. The van der Waals surface area contributed by atoms with Crippen molar-refractivity contribution in [3.63, 3.8) is 0 Å². The van der Waals surface area contributed by atoms with Gasteiger partial charge in [0.25, 0.3) is 0 Å². The number of likely N-dealkylation sites (tertiary alicyclic amines) is 1. The molecule has 1 aromatic heterocycles. The van der Waals surface area contributed by atoms with Crippen molar-refractivity contribution >= 4 is 5.78 Å². The molecule has 1 fully saturated rings. The molecule has 1 atom stereocenters. The summed E-state index contributed by atoms with van der Waals surface area (Å²) in [6.07, 6.45) is 5.51. The number of aromatic nitrogens is 1. The molecule has 0 bridgehead atoms. The van der Waals surface area contributed by atoms with Crippen LogP contribution in [-0.4, -0.2) is 35.3 Å². The number of ketones is 1. The highest BCUT2D eigenvalue weighted by molar-refractivity contribution is 5.97. The maximum Gasteiger partial charge on any atom is 0.168 e. The van der Waals surface area contributed by atoms with Gasteiger partial charge in [-0.05, 0) is 37.4 Å². The van der Waals surface area contributed by atoms with Gasteiger partial charge in [-0.15, -0.1) is 0 Å². The van der Waals surface area contributed by atoms with Crippen LogP contribution in [0, 0.1) is 11.8 Å². The first kappa shape index (κ1) is 13.2. The summed E-state index contributed by atoms with van der Waals surface area (Å²) < 4.78 is 0. The number of hydrogen-bond donors (Lipinski definition) is 0. The monoisotopic (exact) mass is 245 g/mol. The van der Waals surface area contributed by atoms with Crippen LogP contribution in [0.25, 0.3) is 0 Å². The predicted molar refractivity (Wildman–Crippen MR) is 72.3 cm³/mol. The van der Waals surface area contributed by atoms with E-state index in [9.17, 15) is 4.79 Å². The number of nitrogens with zero attached hydrogens (tertiary/aromatic N) is 2. The molecule has 3 nitrogen and oxygen atoms in total. The minimum Gasteiger partial charge on any atom is -0.302 e. The zero-order valence-electron chi connectivity index (χ0n) is 11.2. The van der Waals surface area contributed by atoms with Crippen molar-refractivity contribution in [1.29, 1.82) is 0 Å². The van der Waals surface area contributed by atoms with Crippen LogP contribution in [0.4, 0.5) is 0 Å². The van der Waals surface area contributed by atoms with Crippen LogP contribution in [-0.2, 0) is 0 Å². The average Bonchev–Trinajstić information content (AvgIpc) is 2.38. The van der Waals surface area contributed by atoms with Gasteiger partial charge in [0.15, 0.2) is 5.78 Å². The minimum absolute atomic E-state index is 0.141. The molecule has 1 aromatic rings. The summed E-state index contributed by atoms with van der Waals surface area (Å²) in [5.74, 6) is 1.80. The fourth-order valence-electron chi connectivity index (χ4n) is 2.60. The van der Waals surface area contributed by atoms with E-state index in [0.717, 1.165) is 38.0 Å². The van der Waals surface area contributed by atoms with Crippen LogP contribution >= 0.6 is 0 Å². The van der Waals surface area contributed by atoms with E-state index in [1.165, 1.54) is 5.92 Å². The van der Waals surface area contributed by atoms with Crippen LogP contribution in [0.15, 0.2) is 24.5 Å². The Balaban J connectivity index is 1.98. The lowest BCUT2D eigenvalue weighted by atomic mass is 9.90. The van der Waals surface area contributed by atoms with Gasteiger partial charge in [0.1, 0.15) is 0 Å². The molecule has 97 valence electrons. The summed E-state index contributed by atoms with van der Waals surface area (Å²) >= 11 is 0. The summed E-state index contributed by atoms with van der Waals surface area (Å²) in [5.41, 5.74) is 0.751. The van der Waals surface area contributed by atoms with Gasteiger partial charge in [0.05, 0.1) is 0 Å². The highest BCUT2D eigenvalue weighted by Gasteiger charge is 2.26. The molecule has 1 radical (unpaired) electrons. The van der Waals surface area contributed by atoms with Gasteiger partial charge in [0.2, 0.25) is 0 Å². The maximum absolute atomic E-state index is 12.4. The third-order valence-corrected chi connectivity index (χ3v) is 3.36. The molecule has 1 unspecified atom stereocenters. The van der Waals surface area contributed by atoms with Crippen molar-refractivity contribution in [1.82, 2.24) is 9.88 Å². The van der Waals surface area contributed by atoms with Crippen LogP contribution in [0.1, 0.15) is 37.0 Å². The van der Waals surface area contributed by atoms with Crippen molar-refractivity contribution < 1.29 is 4.79 Å². The second-order valence-electron chi connectivity index (χ2n) is 5.39. The lowest BCUT2D eigenvalue weighted by molar-refractivity contribution is 0.0824. The Morgan fingerprint density at radius 3 is 3.00 bits per heavy atom. The Labute approximate surface area is 109 Å². The standard InChI is InChI=1S/C15H21N2O/c1-12(2)10-17-8-4-6-14(11-17)15(18)13-5-3-7-16-9-13/h3,5,7,9,14H,4,6,8,10-11H2,1-2H3. The summed E-state index contributed by atoms with van der Waals surface area (Å²) in [5, 5.41) is 0. The molecule has 1 saturated heterocycles. The van der Waals surface area contributed by atoms with E-state index in [2.05, 4.69) is 23.7 Å². The first-order chi connectivity index (χ1) is 8.66. The normalized spacial score (nSPS) is 21.2. The fourth-order valence-corrected chi connectivity index (χ4v) is 2.60. The third-order valence-electron chi connectivity index (χ3n) is 3.36. The minimum atomic E-state index is 0.141. The van der Waals surface area contributed by atoms with E-state index < -0.39 is 0 Å². The molecule has 1 aliphatic rings. The second-order valence-corrected chi connectivity index (χ2v) is 5.39. The van der Waals surface area contributed by atoms with E-state index >= 15 is 0 Å². The Hall–Kier alpha value is -1.22. The number of carbonyl (C=O) groups excluding carboxylic acids is 1. The van der Waals surface area contributed by atoms with Gasteiger partial charge in [-0.1, -0.05) is 13.8 Å². The van der Waals surface area contributed by atoms with Crippen LogP contribution in [0.3, 0.4) is 0 Å². The van der Waals surface area contributed by atoms with Gasteiger partial charge in [-0.25, -0.2) is 0 Å². The van der Waals surface area contributed by atoms with E-state index in [4.69, 9.17) is 0 Å². The van der Waals surface area contributed by atoms with Crippen molar-refractivity contribution in [2.75, 3.05) is 19.6 Å². The molecule has 2 rings (SSSR count). The topological polar surface area (TPSA) is 33.2 Å². The molecule has 0 saturated carbocycles. The SMILES string of the molecule is C[C](C)CN1CCCC(C(=O)c2cccnc2)C1. The highest BCUT2D eigenvalue weighted by atomic mass is 16.1. The molecule has 2 heterocycles. The molecule has 0 amide bonds. The molecule has 0 aliphatic carbocycles. The Morgan fingerprint density at radius 1 is 1.50 bits per heavy atom. The second kappa shape index (κ2) is 6.10. The number of piperidine rings is 1. The number of pyridine rings is 1. The molecule has 0 aromatic carbocycles. The Bertz CT molecular complexity index is 389. The highest BCUT2D eigenvalue weighted by Crippen LogP contribution is 2.21. The molecule has 1 aliphatic heterocycles. The smallest absolute Gasteiger partial charge is 0.168 e. The van der Waals surface area contributed by atoms with E-state index in [1.807, 2.05) is 12.1 Å². The largest absolute Gasteiger partial charge is 0.302 e. The zero-order chi connectivity index (χ0) is 13.0. The first-order valence-electron chi connectivity index (χ1n) is 6.62. The van der Waals surface area contributed by atoms with Gasteiger partial charge >= 0.3 is 0 Å². The molecule has 0 spiro atoms. The summed E-state index contributed by atoms with van der Waals surface area (Å²) in [6.45, 7) is 7.30. The average molecular weight is 245 g/mol. The fraction of sp³-hybridized carbons (Fsp3) is 0.533. The molecule has 0 N–H and O–H groups in total. The van der Waals surface area contributed by atoms with Crippen molar-refractivity contribution in [3.05, 3.63) is 36.0 Å². The zero-order valence-corrected chi connectivity index (χ0v) is 11.2. The van der Waals surface area contributed by atoms with Crippen molar-refractivity contribution in [3.8, 4) is 0 Å². The predicted octanol–water partition coefficient (Wildman–Crippen LogP) is 2.59. The van der Waals surface area contributed by atoms with Gasteiger partial charge in [0, 0.05) is 37.0 Å². The lowest BCUT2D eigenvalue weighted by Crippen LogP contribution is -2.40. The third kappa shape index (κ3) is 3.39. The summed E-state index contributed by atoms with van der Waals surface area (Å²) in [4.78, 5) is 18.8. The van der Waals surface area contributed by atoms with Gasteiger partial charge in [-0.3, -0.25) is 9.78 Å². The molecular formula is C15H21N2O. The molecule has 3 heteroatoms. The van der Waals surface area contributed by atoms with Gasteiger partial charge < -0.3 is 4.90 Å². The number of rotatable bonds is 4. The Morgan fingerprint density at radius 2 is 2.33 bits per heavy atom. The lowest BCUT2D eigenvalue weighted by Gasteiger charge is -2.32. The molecule has 18 heavy (non-hydrogen) atoms. The van der Waals surface area contributed by atoms with Crippen molar-refractivity contribution in [2.24, 2.45) is 5.92 Å². The van der Waals surface area contributed by atoms with E-state index in [-0.39, 0.29) is 11.7 Å². The quantitative estimate of drug-likeness (QED) is 0.764. The first-order valence-corrected chi connectivity index (χ1v) is 6.62. The van der Waals surface area contributed by atoms with Crippen LogP contribution in [0.2, 0.25) is 0 Å². The number of Topliss-reactive ketones (excluding diaryl/α,β-unsaturated/α-hetero) is 1. The van der Waals surface area contributed by atoms with E-state index in [0.29, 0.717) is 0 Å². The maximum atomic E-state index is 12.4. The summed E-state index contributed by atoms with van der Waals surface area (Å²) in [6, 6.07) is 3.70. The Kier molecular flexibility index (Phi) is 4.48. The van der Waals surface area contributed by atoms with Crippen LogP contribution in [0.5, 0.6) is 0 Å². The number of carbonyl (C=O) groups is 1. The van der Waals surface area contributed by atoms with Crippen molar-refractivity contribution in [2.45, 2.75) is 26.7 Å². The number of hydrogen-bond acceptors (Lipinski definition) is 3. The van der Waals surface area contributed by atoms with Crippen LogP contribution < -0.4 is 0 Å².